The van der Waals surface area contributed by atoms with Crippen molar-refractivity contribution < 1.29 is 19.1 Å². The van der Waals surface area contributed by atoms with Crippen LogP contribution < -0.4 is 5.32 Å². The maximum Gasteiger partial charge on any atom is 0.328 e. The summed E-state index contributed by atoms with van der Waals surface area (Å²) < 4.78 is 13.8. The molecule has 0 bridgehead atoms. The molecule has 0 spiro atoms. The van der Waals surface area contributed by atoms with Gasteiger partial charge in [-0.05, 0) is 25.1 Å². The van der Waals surface area contributed by atoms with Crippen molar-refractivity contribution in [2.24, 2.45) is 0 Å². The van der Waals surface area contributed by atoms with Crippen LogP contribution in [0.15, 0.2) is 29.7 Å². The van der Waals surface area contributed by atoms with Crippen molar-refractivity contribution in [1.29, 1.82) is 0 Å². The fraction of sp³-hybridized carbons (Fsp3) is 0.0714. The lowest BCUT2D eigenvalue weighted by Gasteiger charge is -2.03. The molecule has 7 heteroatoms. The number of benzene rings is 1. The van der Waals surface area contributed by atoms with E-state index in [-0.39, 0.29) is 11.1 Å². The predicted molar refractivity (Wildman–Crippen MR) is 77.9 cm³/mol. The first kappa shape index (κ1) is 14.9. The van der Waals surface area contributed by atoms with Gasteiger partial charge in [0.1, 0.15) is 5.82 Å². The Morgan fingerprint density at radius 1 is 1.43 bits per heavy atom. The number of carbonyl (C=O) groups is 2. The molecular weight excluding hydrogens is 295 g/mol. The number of hydrogen-bond donors (Lipinski definition) is 2. The number of aliphatic carboxylic acids is 1. The minimum atomic E-state index is -1.17. The quantitative estimate of drug-likeness (QED) is 0.851. The average molecular weight is 306 g/mol. The second-order valence-electron chi connectivity index (χ2n) is 4.16. The highest BCUT2D eigenvalue weighted by Crippen LogP contribution is 2.17. The van der Waals surface area contributed by atoms with Gasteiger partial charge in [0.2, 0.25) is 0 Å². The lowest BCUT2D eigenvalue weighted by Crippen LogP contribution is -2.12. The molecule has 1 heterocycles. The number of aromatic nitrogens is 1. The molecule has 1 aromatic heterocycles. The number of carboxylic acids is 1. The molecule has 0 atom stereocenters. The zero-order chi connectivity index (χ0) is 15.4. The fourth-order valence-corrected chi connectivity index (χ4v) is 2.23. The molecule has 0 unspecified atom stereocenters. The number of nitrogens with zero attached hydrogens (tertiary/aromatic N) is 1. The molecule has 108 valence electrons. The van der Waals surface area contributed by atoms with Crippen LogP contribution in [0.3, 0.4) is 0 Å². The van der Waals surface area contributed by atoms with Crippen molar-refractivity contribution in [1.82, 2.24) is 4.98 Å². The summed E-state index contributed by atoms with van der Waals surface area (Å²) in [4.78, 5) is 26.4. The molecule has 0 saturated heterocycles. The monoisotopic (exact) mass is 306 g/mol. The number of rotatable bonds is 4. The van der Waals surface area contributed by atoms with Crippen LogP contribution >= 0.6 is 11.3 Å². The van der Waals surface area contributed by atoms with Gasteiger partial charge in [-0.3, -0.25) is 10.1 Å². The summed E-state index contributed by atoms with van der Waals surface area (Å²) in [5.41, 5.74) is 1.02. The molecule has 0 aliphatic rings. The Kier molecular flexibility index (Phi) is 4.44. The molecule has 5 nitrogen and oxygen atoms in total. The van der Waals surface area contributed by atoms with E-state index in [2.05, 4.69) is 10.3 Å². The number of carboxylic acid groups (broad SMARTS) is 1. The maximum absolute atomic E-state index is 13.8. The summed E-state index contributed by atoms with van der Waals surface area (Å²) >= 11 is 1.28. The summed E-state index contributed by atoms with van der Waals surface area (Å²) in [5, 5.41) is 13.3. The summed E-state index contributed by atoms with van der Waals surface area (Å²) in [6.45, 7) is 1.80. The Balaban J connectivity index is 2.15. The smallest absolute Gasteiger partial charge is 0.328 e. The lowest BCUT2D eigenvalue weighted by atomic mass is 10.1. The van der Waals surface area contributed by atoms with Crippen LogP contribution in [0.1, 0.15) is 21.6 Å². The zero-order valence-electron chi connectivity index (χ0n) is 11.0. The van der Waals surface area contributed by atoms with Crippen LogP contribution in [0, 0.1) is 12.7 Å². The van der Waals surface area contributed by atoms with E-state index in [0.717, 1.165) is 23.9 Å². The number of hydrogen-bond acceptors (Lipinski definition) is 4. The van der Waals surface area contributed by atoms with E-state index >= 15 is 0 Å². The largest absolute Gasteiger partial charge is 0.478 e. The lowest BCUT2D eigenvalue weighted by molar-refractivity contribution is -0.131. The molecule has 0 aliphatic carbocycles. The SMILES string of the molecule is Cc1csc(NC(=O)c2ccc(C=CC(=O)O)c(F)c2)n1. The number of aryl methyl sites for hydroxylation is 1. The zero-order valence-corrected chi connectivity index (χ0v) is 11.8. The van der Waals surface area contributed by atoms with Crippen molar-refractivity contribution in [2.75, 3.05) is 5.32 Å². The van der Waals surface area contributed by atoms with Crippen LogP contribution in [0.2, 0.25) is 0 Å². The standard InChI is InChI=1S/C14H11FN2O3S/c1-8-7-21-14(16-8)17-13(20)10-3-2-9(11(15)6-10)4-5-12(18)19/h2-7H,1H3,(H,18,19)(H,16,17,20). The van der Waals surface area contributed by atoms with Gasteiger partial charge < -0.3 is 5.11 Å². The summed E-state index contributed by atoms with van der Waals surface area (Å²) in [7, 11) is 0. The number of carbonyl (C=O) groups excluding carboxylic acids is 1. The average Bonchev–Trinajstić information content (AvgIpc) is 2.82. The van der Waals surface area contributed by atoms with Crippen LogP contribution in [0.25, 0.3) is 6.08 Å². The number of amides is 1. The van der Waals surface area contributed by atoms with Gasteiger partial charge in [-0.25, -0.2) is 14.2 Å². The molecule has 0 radical (unpaired) electrons. The fourth-order valence-electron chi connectivity index (χ4n) is 1.55. The van der Waals surface area contributed by atoms with Crippen LogP contribution in [-0.4, -0.2) is 22.0 Å². The third-order valence-electron chi connectivity index (χ3n) is 2.51. The summed E-state index contributed by atoms with van der Waals surface area (Å²) in [5.74, 6) is -2.32. The van der Waals surface area contributed by atoms with Crippen molar-refractivity contribution in [3.8, 4) is 0 Å². The molecule has 0 fully saturated rings. The Morgan fingerprint density at radius 2 is 2.19 bits per heavy atom. The highest BCUT2D eigenvalue weighted by Gasteiger charge is 2.10. The van der Waals surface area contributed by atoms with E-state index in [1.165, 1.54) is 23.5 Å². The molecule has 2 aromatic rings. The first-order chi connectivity index (χ1) is 9.95. The Labute approximate surface area is 123 Å². The van der Waals surface area contributed by atoms with E-state index in [9.17, 15) is 14.0 Å². The van der Waals surface area contributed by atoms with Crippen molar-refractivity contribution >= 4 is 34.4 Å². The van der Waals surface area contributed by atoms with E-state index < -0.39 is 17.7 Å². The number of halogens is 1. The van der Waals surface area contributed by atoms with Crippen LogP contribution in [-0.2, 0) is 4.79 Å². The van der Waals surface area contributed by atoms with E-state index in [1.807, 2.05) is 0 Å². The highest BCUT2D eigenvalue weighted by atomic mass is 32.1. The van der Waals surface area contributed by atoms with Gasteiger partial charge in [0.05, 0.1) is 5.69 Å². The van der Waals surface area contributed by atoms with Gasteiger partial charge in [0, 0.05) is 22.6 Å². The normalized spacial score (nSPS) is 10.8. The van der Waals surface area contributed by atoms with Gasteiger partial charge in [0.15, 0.2) is 5.13 Å². The predicted octanol–water partition coefficient (Wildman–Crippen LogP) is 2.94. The van der Waals surface area contributed by atoms with Crippen molar-refractivity contribution in [3.05, 3.63) is 52.3 Å². The molecule has 0 aliphatic heterocycles. The molecule has 0 saturated carbocycles. The molecule has 1 aromatic carbocycles. The van der Waals surface area contributed by atoms with Gasteiger partial charge in [-0.15, -0.1) is 11.3 Å². The highest BCUT2D eigenvalue weighted by molar-refractivity contribution is 7.13. The minimum Gasteiger partial charge on any atom is -0.478 e. The van der Waals surface area contributed by atoms with Gasteiger partial charge in [0.25, 0.3) is 5.91 Å². The number of nitrogens with one attached hydrogen (secondary N) is 1. The minimum absolute atomic E-state index is 0.0963. The van der Waals surface area contributed by atoms with Crippen molar-refractivity contribution in [2.45, 2.75) is 6.92 Å². The maximum atomic E-state index is 13.8. The second-order valence-corrected chi connectivity index (χ2v) is 5.01. The first-order valence-electron chi connectivity index (χ1n) is 5.90. The summed E-state index contributed by atoms with van der Waals surface area (Å²) in [6.07, 6.45) is 1.96. The van der Waals surface area contributed by atoms with Crippen LogP contribution in [0.4, 0.5) is 9.52 Å². The van der Waals surface area contributed by atoms with Gasteiger partial charge in [-0.1, -0.05) is 6.07 Å². The molecule has 1 amide bonds. The Bertz CT molecular complexity index is 725. The number of anilines is 1. The molecule has 2 rings (SSSR count). The van der Waals surface area contributed by atoms with E-state index in [1.54, 1.807) is 12.3 Å². The molecule has 2 N–H and O–H groups in total. The Hall–Kier alpha value is -2.54. The summed E-state index contributed by atoms with van der Waals surface area (Å²) in [6, 6.07) is 3.81. The number of thiazole rings is 1. The third-order valence-corrected chi connectivity index (χ3v) is 3.38. The van der Waals surface area contributed by atoms with Crippen LogP contribution in [0.5, 0.6) is 0 Å². The van der Waals surface area contributed by atoms with E-state index in [0.29, 0.717) is 5.13 Å². The molecular formula is C14H11FN2O3S. The van der Waals surface area contributed by atoms with Gasteiger partial charge >= 0.3 is 5.97 Å². The topological polar surface area (TPSA) is 79.3 Å². The third kappa shape index (κ3) is 3.96. The second kappa shape index (κ2) is 6.27. The van der Waals surface area contributed by atoms with Crippen molar-refractivity contribution in [3.63, 3.8) is 0 Å². The van der Waals surface area contributed by atoms with Gasteiger partial charge in [-0.2, -0.15) is 0 Å². The Morgan fingerprint density at radius 3 is 2.76 bits per heavy atom. The first-order valence-corrected chi connectivity index (χ1v) is 6.77. The van der Waals surface area contributed by atoms with E-state index in [4.69, 9.17) is 5.11 Å². The molecule has 21 heavy (non-hydrogen) atoms.